The summed E-state index contributed by atoms with van der Waals surface area (Å²) in [6, 6.07) is 3.85. The highest BCUT2D eigenvalue weighted by molar-refractivity contribution is 7.89. The molecule has 1 saturated heterocycles. The van der Waals surface area contributed by atoms with Gasteiger partial charge in [-0.3, -0.25) is 4.79 Å². The minimum absolute atomic E-state index is 0.0298. The molecule has 11 heteroatoms. The second-order valence-corrected chi connectivity index (χ2v) is 9.81. The molecule has 1 aromatic heterocycles. The van der Waals surface area contributed by atoms with E-state index in [1.807, 2.05) is 18.3 Å². The number of nitrogens with zero attached hydrogens (tertiary/aromatic N) is 3. The summed E-state index contributed by atoms with van der Waals surface area (Å²) in [6.07, 6.45) is 5.77. The van der Waals surface area contributed by atoms with Gasteiger partial charge in [-0.15, -0.1) is 0 Å². The average Bonchev–Trinajstić information content (AvgIpc) is 3.25. The van der Waals surface area contributed by atoms with Gasteiger partial charge in [-0.1, -0.05) is 0 Å². The van der Waals surface area contributed by atoms with Crippen molar-refractivity contribution in [2.45, 2.75) is 38.1 Å². The monoisotopic (exact) mass is 480 g/mol. The average molecular weight is 481 g/mol. The Hall–Kier alpha value is -2.79. The van der Waals surface area contributed by atoms with E-state index in [2.05, 4.69) is 9.55 Å². The van der Waals surface area contributed by atoms with E-state index in [4.69, 9.17) is 19.3 Å². The van der Waals surface area contributed by atoms with Crippen molar-refractivity contribution in [1.29, 1.82) is 0 Å². The molecule has 2 heterocycles. The van der Waals surface area contributed by atoms with Gasteiger partial charge < -0.3 is 23.7 Å². The van der Waals surface area contributed by atoms with Crippen molar-refractivity contribution >= 4 is 15.9 Å². The third-order valence-corrected chi connectivity index (χ3v) is 6.72. The zero-order valence-corrected chi connectivity index (χ0v) is 20.1. The number of ether oxygens (including phenoxy) is 3. The number of methoxy groups -OCH3 is 3. The summed E-state index contributed by atoms with van der Waals surface area (Å²) in [5.74, 6) is 2.76. The molecule has 1 amide bonds. The second-order valence-electron chi connectivity index (χ2n) is 8.07. The molecule has 0 spiro atoms. The van der Waals surface area contributed by atoms with Crippen molar-refractivity contribution in [2.24, 2.45) is 5.14 Å². The molecule has 3 rings (SSSR count). The third kappa shape index (κ3) is 6.38. The summed E-state index contributed by atoms with van der Waals surface area (Å²) in [5.41, 5.74) is 0.992. The first kappa shape index (κ1) is 24.8. The summed E-state index contributed by atoms with van der Waals surface area (Å²) in [5, 5.41) is 5.01. The zero-order valence-electron chi connectivity index (χ0n) is 19.3. The van der Waals surface area contributed by atoms with Gasteiger partial charge in [0.15, 0.2) is 11.5 Å². The Bertz CT molecular complexity index is 1040. The van der Waals surface area contributed by atoms with E-state index in [1.165, 1.54) is 0 Å². The topological polar surface area (TPSA) is 126 Å². The van der Waals surface area contributed by atoms with Crippen molar-refractivity contribution in [3.05, 3.63) is 35.9 Å². The fraction of sp³-hybridized carbons (Fsp3) is 0.545. The molecule has 1 aliphatic rings. The quantitative estimate of drug-likeness (QED) is 0.549. The number of rotatable bonds is 10. The molecular weight excluding hydrogens is 448 g/mol. The van der Waals surface area contributed by atoms with Crippen LogP contribution in [0.2, 0.25) is 0 Å². The van der Waals surface area contributed by atoms with Gasteiger partial charge in [-0.2, -0.15) is 0 Å². The summed E-state index contributed by atoms with van der Waals surface area (Å²) in [6.45, 7) is 1.84. The van der Waals surface area contributed by atoms with Crippen LogP contribution in [0.5, 0.6) is 17.2 Å². The van der Waals surface area contributed by atoms with Crippen LogP contribution in [0.4, 0.5) is 0 Å². The van der Waals surface area contributed by atoms with Gasteiger partial charge in [0.1, 0.15) is 5.82 Å². The lowest BCUT2D eigenvalue weighted by molar-refractivity contribution is -0.132. The first-order chi connectivity index (χ1) is 15.8. The molecule has 2 N–H and O–H groups in total. The molecule has 1 aliphatic heterocycles. The first-order valence-corrected chi connectivity index (χ1v) is 12.6. The highest BCUT2D eigenvalue weighted by Crippen LogP contribution is 2.38. The van der Waals surface area contributed by atoms with E-state index < -0.39 is 10.0 Å². The lowest BCUT2D eigenvalue weighted by atomic mass is 9.95. The van der Waals surface area contributed by atoms with Crippen LogP contribution in [-0.4, -0.2) is 68.9 Å². The van der Waals surface area contributed by atoms with Crippen LogP contribution in [0.1, 0.15) is 43.0 Å². The lowest BCUT2D eigenvalue weighted by Gasteiger charge is -2.32. The molecule has 10 nitrogen and oxygen atoms in total. The summed E-state index contributed by atoms with van der Waals surface area (Å²) in [4.78, 5) is 18.8. The minimum atomic E-state index is -3.54. The normalized spacial score (nSPS) is 14.8. The Kier molecular flexibility index (Phi) is 8.20. The van der Waals surface area contributed by atoms with Gasteiger partial charge in [0.05, 0.1) is 27.1 Å². The molecule has 1 aromatic carbocycles. The SMILES string of the molecule is COc1cc(Cn2ccnc2C2CCN(C(=O)CCCS(N)(=O)=O)CC2)cc(OC)c1OC. The molecule has 182 valence electrons. The molecular formula is C22H32N4O6S. The van der Waals surface area contributed by atoms with Crippen molar-refractivity contribution < 1.29 is 27.4 Å². The van der Waals surface area contributed by atoms with Crippen molar-refractivity contribution in [3.8, 4) is 17.2 Å². The van der Waals surface area contributed by atoms with E-state index in [0.717, 1.165) is 24.2 Å². The molecule has 0 atom stereocenters. The van der Waals surface area contributed by atoms with Gasteiger partial charge in [0.25, 0.3) is 0 Å². The van der Waals surface area contributed by atoms with E-state index in [1.54, 1.807) is 32.4 Å². The molecule has 0 aliphatic carbocycles. The number of aromatic nitrogens is 2. The highest BCUT2D eigenvalue weighted by Gasteiger charge is 2.26. The van der Waals surface area contributed by atoms with Crippen LogP contribution in [0, 0.1) is 0 Å². The maximum atomic E-state index is 12.4. The lowest BCUT2D eigenvalue weighted by Crippen LogP contribution is -2.38. The van der Waals surface area contributed by atoms with Crippen LogP contribution < -0.4 is 19.3 Å². The Morgan fingerprint density at radius 2 is 1.76 bits per heavy atom. The molecule has 0 unspecified atom stereocenters. The van der Waals surface area contributed by atoms with E-state index in [9.17, 15) is 13.2 Å². The van der Waals surface area contributed by atoms with E-state index in [0.29, 0.717) is 36.9 Å². The third-order valence-electron chi connectivity index (χ3n) is 5.86. The van der Waals surface area contributed by atoms with Crippen molar-refractivity contribution in [2.75, 3.05) is 40.2 Å². The van der Waals surface area contributed by atoms with Gasteiger partial charge in [0.2, 0.25) is 21.7 Å². The van der Waals surface area contributed by atoms with E-state index in [-0.39, 0.29) is 30.4 Å². The van der Waals surface area contributed by atoms with Gasteiger partial charge in [0, 0.05) is 44.4 Å². The molecule has 2 aromatic rings. The summed E-state index contributed by atoms with van der Waals surface area (Å²) >= 11 is 0. The molecule has 1 fully saturated rings. The highest BCUT2D eigenvalue weighted by atomic mass is 32.2. The van der Waals surface area contributed by atoms with Crippen molar-refractivity contribution in [3.63, 3.8) is 0 Å². The Morgan fingerprint density at radius 3 is 2.30 bits per heavy atom. The van der Waals surface area contributed by atoms with Gasteiger partial charge in [-0.25, -0.2) is 18.5 Å². The minimum Gasteiger partial charge on any atom is -0.493 e. The fourth-order valence-corrected chi connectivity index (χ4v) is 4.75. The number of nitrogens with two attached hydrogens (primary N) is 1. The fourth-order valence-electron chi connectivity index (χ4n) is 4.21. The number of imidazole rings is 1. The molecule has 0 radical (unpaired) electrons. The number of sulfonamides is 1. The van der Waals surface area contributed by atoms with Crippen LogP contribution in [-0.2, 0) is 21.4 Å². The Balaban J connectivity index is 1.63. The number of primary sulfonamides is 1. The van der Waals surface area contributed by atoms with Gasteiger partial charge in [-0.05, 0) is 37.0 Å². The molecule has 0 saturated carbocycles. The van der Waals surface area contributed by atoms with Crippen LogP contribution >= 0.6 is 0 Å². The number of piperidine rings is 1. The maximum Gasteiger partial charge on any atom is 0.222 e. The van der Waals surface area contributed by atoms with Crippen LogP contribution in [0.3, 0.4) is 0 Å². The van der Waals surface area contributed by atoms with E-state index >= 15 is 0 Å². The van der Waals surface area contributed by atoms with Crippen LogP contribution in [0.25, 0.3) is 0 Å². The molecule has 33 heavy (non-hydrogen) atoms. The number of hydrogen-bond donors (Lipinski definition) is 1. The first-order valence-electron chi connectivity index (χ1n) is 10.8. The zero-order chi connectivity index (χ0) is 24.0. The Labute approximate surface area is 194 Å². The molecule has 0 bridgehead atoms. The Morgan fingerprint density at radius 1 is 1.12 bits per heavy atom. The largest absolute Gasteiger partial charge is 0.493 e. The summed E-state index contributed by atoms with van der Waals surface area (Å²) in [7, 11) is 1.22. The standard InChI is InChI=1S/C22H32N4O6S/c1-30-18-13-16(14-19(31-2)21(18)32-3)15-26-11-8-24-22(26)17-6-9-25(10-7-17)20(27)5-4-12-33(23,28)29/h8,11,13-14,17H,4-7,9-10,12,15H2,1-3H3,(H2,23,28,29). The number of likely N-dealkylation sites (tertiary alicyclic amines) is 1. The van der Waals surface area contributed by atoms with Crippen molar-refractivity contribution in [1.82, 2.24) is 14.5 Å². The van der Waals surface area contributed by atoms with Gasteiger partial charge >= 0.3 is 0 Å². The predicted molar refractivity (Wildman–Crippen MR) is 123 cm³/mol. The second kappa shape index (κ2) is 10.9. The number of hydrogen-bond acceptors (Lipinski definition) is 7. The smallest absolute Gasteiger partial charge is 0.222 e. The maximum absolute atomic E-state index is 12.4. The number of amides is 1. The van der Waals surface area contributed by atoms with Crippen LogP contribution in [0.15, 0.2) is 24.5 Å². The summed E-state index contributed by atoms with van der Waals surface area (Å²) < 4.78 is 40.5. The number of carbonyl (C=O) groups is 1. The number of carbonyl (C=O) groups excluding carboxylic acids is 1. The predicted octanol–water partition coefficient (Wildman–Crippen LogP) is 1.73. The number of benzene rings is 1.